The van der Waals surface area contributed by atoms with Crippen LogP contribution in [0.25, 0.3) is 0 Å². The Balaban J connectivity index is 2.02. The molecule has 0 aromatic heterocycles. The van der Waals surface area contributed by atoms with Crippen molar-refractivity contribution in [2.45, 2.75) is 24.6 Å². The average molecular weight is 496 g/mol. The number of hydrogen-bond donors (Lipinski definition) is 0. The third-order valence-corrected chi connectivity index (χ3v) is 5.41. The molecule has 3 nitrogen and oxygen atoms in total. The van der Waals surface area contributed by atoms with Crippen LogP contribution in [0.1, 0.15) is 16.7 Å². The Morgan fingerprint density at radius 1 is 0.647 bits per heavy atom. The van der Waals surface area contributed by atoms with Crippen LogP contribution >= 0.6 is 11.6 Å². The number of nitrogens with zero attached hydrogens (tertiary/aromatic N) is 3. The number of halogens is 7. The van der Waals surface area contributed by atoms with Crippen molar-refractivity contribution < 1.29 is 26.3 Å². The molecule has 0 fully saturated rings. The minimum Gasteiger partial charge on any atom is -0.306 e. The van der Waals surface area contributed by atoms with Crippen LogP contribution in [0.5, 0.6) is 0 Å². The molecule has 0 saturated carbocycles. The highest BCUT2D eigenvalue weighted by molar-refractivity contribution is 6.30. The van der Waals surface area contributed by atoms with Gasteiger partial charge in [-0.25, -0.2) is 9.98 Å². The summed E-state index contributed by atoms with van der Waals surface area (Å²) < 4.78 is 84.7. The van der Waals surface area contributed by atoms with E-state index in [1.165, 1.54) is 53.4 Å². The summed E-state index contributed by atoms with van der Waals surface area (Å²) in [6, 6.07) is 21.4. The molecule has 176 valence electrons. The van der Waals surface area contributed by atoms with Gasteiger partial charge in [0.15, 0.2) is 0 Å². The normalized spacial score (nSPS) is 16.1. The van der Waals surface area contributed by atoms with Crippen molar-refractivity contribution in [3.05, 3.63) is 107 Å². The number of rotatable bonds is 4. The van der Waals surface area contributed by atoms with Gasteiger partial charge >= 0.3 is 18.0 Å². The first-order chi connectivity index (χ1) is 16.0. The van der Waals surface area contributed by atoms with Crippen molar-refractivity contribution >= 4 is 23.3 Å². The molecular formula is C24H16ClF6N3. The van der Waals surface area contributed by atoms with Crippen LogP contribution in [-0.4, -0.2) is 34.6 Å². The van der Waals surface area contributed by atoms with Gasteiger partial charge in [-0.2, -0.15) is 26.3 Å². The van der Waals surface area contributed by atoms with Crippen molar-refractivity contribution in [2.24, 2.45) is 9.98 Å². The molecule has 3 aromatic carbocycles. The average Bonchev–Trinajstić information content (AvgIpc) is 2.79. The van der Waals surface area contributed by atoms with Gasteiger partial charge in [-0.05, 0) is 29.8 Å². The first kappa shape index (κ1) is 23.8. The predicted molar refractivity (Wildman–Crippen MR) is 118 cm³/mol. The van der Waals surface area contributed by atoms with Crippen LogP contribution in [-0.2, 0) is 6.54 Å². The van der Waals surface area contributed by atoms with Crippen molar-refractivity contribution in [2.75, 3.05) is 0 Å². The van der Waals surface area contributed by atoms with Crippen molar-refractivity contribution in [3.8, 4) is 0 Å². The van der Waals surface area contributed by atoms with Gasteiger partial charge in [0.25, 0.3) is 0 Å². The summed E-state index contributed by atoms with van der Waals surface area (Å²) in [7, 11) is 0. The van der Waals surface area contributed by atoms with E-state index in [4.69, 9.17) is 11.6 Å². The van der Waals surface area contributed by atoms with E-state index in [0.29, 0.717) is 5.56 Å². The summed E-state index contributed by atoms with van der Waals surface area (Å²) in [5.41, 5.74) is -3.92. The Kier molecular flexibility index (Phi) is 6.16. The number of amidine groups is 2. The van der Waals surface area contributed by atoms with Gasteiger partial charge in [-0.15, -0.1) is 0 Å². The SMILES string of the molecule is FC(F)(F)C1(C(F)(F)F)N=C(c2ccccc2)N(Cc2ccccc2)C(c2ccc(Cl)cc2)=N1. The summed E-state index contributed by atoms with van der Waals surface area (Å²) in [6.07, 6.45) is -11.7. The van der Waals surface area contributed by atoms with Crippen LogP contribution in [0.15, 0.2) is 94.9 Å². The highest BCUT2D eigenvalue weighted by atomic mass is 35.5. The highest BCUT2D eigenvalue weighted by Crippen LogP contribution is 2.49. The minimum atomic E-state index is -5.85. The van der Waals surface area contributed by atoms with Crippen LogP contribution < -0.4 is 0 Å². The summed E-state index contributed by atoms with van der Waals surface area (Å²) in [5.74, 6) is -1.02. The molecule has 4 rings (SSSR count). The molecule has 0 bridgehead atoms. The molecule has 1 aliphatic heterocycles. The van der Waals surface area contributed by atoms with E-state index >= 15 is 0 Å². The zero-order valence-electron chi connectivity index (χ0n) is 17.3. The third kappa shape index (κ3) is 4.40. The Morgan fingerprint density at radius 3 is 1.56 bits per heavy atom. The fourth-order valence-corrected chi connectivity index (χ4v) is 3.64. The zero-order chi connectivity index (χ0) is 24.6. The highest BCUT2D eigenvalue weighted by Gasteiger charge is 2.74. The lowest BCUT2D eigenvalue weighted by molar-refractivity contribution is -0.293. The first-order valence-corrected chi connectivity index (χ1v) is 10.4. The maximum absolute atomic E-state index is 14.1. The van der Waals surface area contributed by atoms with Gasteiger partial charge in [0.05, 0.1) is 6.54 Å². The maximum atomic E-state index is 14.1. The van der Waals surface area contributed by atoms with E-state index in [9.17, 15) is 26.3 Å². The Labute approximate surface area is 196 Å². The summed E-state index contributed by atoms with van der Waals surface area (Å²) in [4.78, 5) is 7.80. The Morgan fingerprint density at radius 2 is 1.09 bits per heavy atom. The maximum Gasteiger partial charge on any atom is 0.443 e. The predicted octanol–water partition coefficient (Wildman–Crippen LogP) is 6.87. The van der Waals surface area contributed by atoms with E-state index in [1.54, 1.807) is 36.4 Å². The van der Waals surface area contributed by atoms with E-state index in [2.05, 4.69) is 9.98 Å². The van der Waals surface area contributed by atoms with Gasteiger partial charge < -0.3 is 4.90 Å². The van der Waals surface area contributed by atoms with Gasteiger partial charge in [0.1, 0.15) is 11.7 Å². The van der Waals surface area contributed by atoms with Gasteiger partial charge in [0.2, 0.25) is 0 Å². The summed E-state index contributed by atoms with van der Waals surface area (Å²) in [6.45, 7) is -0.0676. The van der Waals surface area contributed by atoms with Crippen molar-refractivity contribution in [3.63, 3.8) is 0 Å². The van der Waals surface area contributed by atoms with E-state index in [-0.39, 0.29) is 22.7 Å². The first-order valence-electron chi connectivity index (χ1n) is 9.98. The monoisotopic (exact) mass is 495 g/mol. The summed E-state index contributed by atoms with van der Waals surface area (Å²) >= 11 is 5.91. The molecule has 0 aliphatic carbocycles. The quantitative estimate of drug-likeness (QED) is 0.363. The molecule has 0 atom stereocenters. The van der Waals surface area contributed by atoms with Crippen LogP contribution in [0.2, 0.25) is 5.02 Å². The zero-order valence-corrected chi connectivity index (χ0v) is 18.0. The number of aliphatic imine (C=N–C) groups is 2. The lowest BCUT2D eigenvalue weighted by Crippen LogP contribution is -2.59. The van der Waals surface area contributed by atoms with Gasteiger partial charge in [-0.1, -0.05) is 72.3 Å². The van der Waals surface area contributed by atoms with Crippen LogP contribution in [0.3, 0.4) is 0 Å². The second kappa shape index (κ2) is 8.79. The van der Waals surface area contributed by atoms with Gasteiger partial charge in [0, 0.05) is 16.1 Å². The van der Waals surface area contributed by atoms with Crippen molar-refractivity contribution in [1.29, 1.82) is 0 Å². The van der Waals surface area contributed by atoms with E-state index in [1.807, 2.05) is 0 Å². The fraction of sp³-hybridized carbons (Fsp3) is 0.167. The standard InChI is InChI=1S/C24H16ClF6N3/c25-19-13-11-18(12-14-19)21-33-22(23(26,27)28,24(29,30)31)32-20(17-9-5-2-6-10-17)34(21)15-16-7-3-1-4-8-16/h1-14H,15H2. The second-order valence-electron chi connectivity index (χ2n) is 7.48. The van der Waals surface area contributed by atoms with Crippen LogP contribution in [0.4, 0.5) is 26.3 Å². The molecule has 0 unspecified atom stereocenters. The Hall–Kier alpha value is -3.33. The fourth-order valence-electron chi connectivity index (χ4n) is 3.51. The number of hydrogen-bond acceptors (Lipinski definition) is 3. The topological polar surface area (TPSA) is 28.0 Å². The lowest BCUT2D eigenvalue weighted by Gasteiger charge is -2.39. The van der Waals surface area contributed by atoms with Crippen LogP contribution in [0, 0.1) is 0 Å². The molecule has 1 heterocycles. The van der Waals surface area contributed by atoms with E-state index in [0.717, 1.165) is 0 Å². The van der Waals surface area contributed by atoms with Crippen molar-refractivity contribution in [1.82, 2.24) is 4.90 Å². The second-order valence-corrected chi connectivity index (χ2v) is 7.92. The summed E-state index contributed by atoms with van der Waals surface area (Å²) in [5, 5.41) is 0.268. The lowest BCUT2D eigenvalue weighted by atomic mass is 10.0. The number of benzene rings is 3. The smallest absolute Gasteiger partial charge is 0.306 e. The molecule has 1 aliphatic rings. The Bertz CT molecular complexity index is 1190. The molecule has 0 saturated heterocycles. The molecular weight excluding hydrogens is 480 g/mol. The molecule has 0 amide bonds. The molecule has 3 aromatic rings. The molecule has 0 N–H and O–H groups in total. The van der Waals surface area contributed by atoms with E-state index < -0.39 is 29.7 Å². The molecule has 0 spiro atoms. The molecule has 10 heteroatoms. The molecule has 0 radical (unpaired) electrons. The number of alkyl halides is 6. The molecule has 34 heavy (non-hydrogen) atoms. The third-order valence-electron chi connectivity index (χ3n) is 5.16. The van der Waals surface area contributed by atoms with Gasteiger partial charge in [-0.3, -0.25) is 0 Å². The minimum absolute atomic E-state index is 0.0292. The largest absolute Gasteiger partial charge is 0.443 e.